The molecule has 7 heteroatoms. The third-order valence-corrected chi connectivity index (χ3v) is 4.43. The first-order valence-corrected chi connectivity index (χ1v) is 8.63. The molecular formula is C19H23N5O2. The largest absolute Gasteiger partial charge is 0.355 e. The number of benzene rings is 2. The Morgan fingerprint density at radius 3 is 2.73 bits per heavy atom. The number of rotatable bonds is 5. The molecule has 1 aliphatic rings. The van der Waals surface area contributed by atoms with Gasteiger partial charge < -0.3 is 16.0 Å². The molecule has 1 atom stereocenters. The first-order valence-electron chi connectivity index (χ1n) is 8.63. The number of amides is 3. The van der Waals surface area contributed by atoms with Crippen molar-refractivity contribution in [3.63, 3.8) is 0 Å². The quantitative estimate of drug-likeness (QED) is 0.433. The minimum absolute atomic E-state index is 0.0454. The molecule has 1 fully saturated rings. The fourth-order valence-electron chi connectivity index (χ4n) is 3.07. The number of hydrogen-bond acceptors (Lipinski definition) is 3. The second-order valence-electron chi connectivity index (χ2n) is 6.14. The van der Waals surface area contributed by atoms with Crippen molar-refractivity contribution in [1.29, 1.82) is 0 Å². The van der Waals surface area contributed by atoms with Crippen molar-refractivity contribution in [3.8, 4) is 0 Å². The number of nitrogens with zero attached hydrogens (tertiary/aromatic N) is 2. The lowest BCUT2D eigenvalue weighted by molar-refractivity contribution is -0.124. The highest BCUT2D eigenvalue weighted by Gasteiger charge is 2.27. The monoisotopic (exact) mass is 353 g/mol. The second-order valence-corrected chi connectivity index (χ2v) is 6.14. The first kappa shape index (κ1) is 17.7. The molecule has 0 saturated carbocycles. The minimum atomic E-state index is -0.344. The smallest absolute Gasteiger partial charge is 0.324 e. The van der Waals surface area contributed by atoms with Crippen molar-refractivity contribution >= 4 is 28.7 Å². The molecule has 0 bridgehead atoms. The summed E-state index contributed by atoms with van der Waals surface area (Å²) in [6.45, 7) is 2.88. The van der Waals surface area contributed by atoms with E-state index in [-0.39, 0.29) is 24.5 Å². The van der Waals surface area contributed by atoms with Gasteiger partial charge in [0.2, 0.25) is 5.91 Å². The molecule has 136 valence electrons. The van der Waals surface area contributed by atoms with E-state index in [4.69, 9.17) is 0 Å². The summed E-state index contributed by atoms with van der Waals surface area (Å²) >= 11 is 0. The zero-order valence-corrected chi connectivity index (χ0v) is 15.0. The second kappa shape index (κ2) is 7.86. The number of fused-ring (bicyclic) bond motifs is 1. The van der Waals surface area contributed by atoms with Gasteiger partial charge >= 0.3 is 6.03 Å². The van der Waals surface area contributed by atoms with Gasteiger partial charge in [0, 0.05) is 20.1 Å². The van der Waals surface area contributed by atoms with Crippen molar-refractivity contribution in [2.45, 2.75) is 13.0 Å². The van der Waals surface area contributed by atoms with E-state index in [1.165, 1.54) is 21.2 Å². The van der Waals surface area contributed by atoms with Crippen molar-refractivity contribution in [3.05, 3.63) is 48.0 Å². The van der Waals surface area contributed by atoms with Crippen LogP contribution in [0.1, 0.15) is 18.5 Å². The van der Waals surface area contributed by atoms with Gasteiger partial charge in [0.1, 0.15) is 0 Å². The van der Waals surface area contributed by atoms with Gasteiger partial charge in [0.15, 0.2) is 5.96 Å². The van der Waals surface area contributed by atoms with Crippen molar-refractivity contribution in [2.75, 3.05) is 26.7 Å². The Bertz CT molecular complexity index is 827. The fourth-order valence-corrected chi connectivity index (χ4v) is 3.07. The average Bonchev–Trinajstić information content (AvgIpc) is 2.98. The number of nitrogens with one attached hydrogen (secondary N) is 3. The zero-order valence-electron chi connectivity index (χ0n) is 15.0. The highest BCUT2D eigenvalue weighted by atomic mass is 16.2. The lowest BCUT2D eigenvalue weighted by Gasteiger charge is -2.20. The van der Waals surface area contributed by atoms with Crippen LogP contribution < -0.4 is 16.0 Å². The third kappa shape index (κ3) is 3.77. The fraction of sp³-hybridized carbons (Fsp3) is 0.316. The van der Waals surface area contributed by atoms with E-state index in [2.05, 4.69) is 52.1 Å². The number of carbonyl (C=O) groups excluding carboxylic acids is 2. The van der Waals surface area contributed by atoms with Gasteiger partial charge in [0.05, 0.1) is 12.6 Å². The first-order chi connectivity index (χ1) is 12.6. The molecule has 2 aromatic carbocycles. The molecule has 1 saturated heterocycles. The maximum atomic E-state index is 11.6. The average molecular weight is 353 g/mol. The molecule has 0 radical (unpaired) electrons. The molecule has 1 heterocycles. The lowest BCUT2D eigenvalue weighted by Crippen LogP contribution is -2.43. The van der Waals surface area contributed by atoms with E-state index >= 15 is 0 Å². The summed E-state index contributed by atoms with van der Waals surface area (Å²) in [6.07, 6.45) is 0. The number of imide groups is 1. The van der Waals surface area contributed by atoms with Gasteiger partial charge in [0.25, 0.3) is 0 Å². The summed E-state index contributed by atoms with van der Waals surface area (Å²) in [5.74, 6) is 0.418. The molecule has 7 nitrogen and oxygen atoms in total. The standard InChI is InChI=1S/C19H23N5O2/c1-13(15-9-5-7-14-6-3-4-8-16(14)15)23-18(20-2)21-10-11-24-17(25)12-22-19(24)26/h3-9,13H,10-12H2,1-2H3,(H,22,26)(H2,20,21,23). The number of aliphatic imine (C=N–C) groups is 1. The summed E-state index contributed by atoms with van der Waals surface area (Å²) in [5, 5.41) is 11.4. The van der Waals surface area contributed by atoms with E-state index in [1.54, 1.807) is 7.05 Å². The Labute approximate surface area is 152 Å². The van der Waals surface area contributed by atoms with Gasteiger partial charge in [-0.1, -0.05) is 42.5 Å². The minimum Gasteiger partial charge on any atom is -0.355 e. The number of guanidine groups is 1. The van der Waals surface area contributed by atoms with Gasteiger partial charge in [-0.25, -0.2) is 4.79 Å². The Balaban J connectivity index is 1.61. The Morgan fingerprint density at radius 1 is 1.23 bits per heavy atom. The van der Waals surface area contributed by atoms with Crippen LogP contribution >= 0.6 is 0 Å². The third-order valence-electron chi connectivity index (χ3n) is 4.43. The van der Waals surface area contributed by atoms with Crippen LogP contribution in [0, 0.1) is 0 Å². The predicted octanol–water partition coefficient (Wildman–Crippen LogP) is 1.62. The number of hydrogen-bond donors (Lipinski definition) is 3. The van der Waals surface area contributed by atoms with Crippen LogP contribution in [0.2, 0.25) is 0 Å². The van der Waals surface area contributed by atoms with Crippen molar-refractivity contribution in [1.82, 2.24) is 20.9 Å². The molecule has 26 heavy (non-hydrogen) atoms. The van der Waals surface area contributed by atoms with Crippen LogP contribution in [0.25, 0.3) is 10.8 Å². The molecule has 0 aromatic heterocycles. The Morgan fingerprint density at radius 2 is 2.00 bits per heavy atom. The Kier molecular flexibility index (Phi) is 5.36. The Hall–Kier alpha value is -3.09. The summed E-state index contributed by atoms with van der Waals surface area (Å²) in [4.78, 5) is 28.6. The van der Waals surface area contributed by atoms with E-state index < -0.39 is 0 Å². The molecule has 3 amide bonds. The highest BCUT2D eigenvalue weighted by molar-refractivity contribution is 6.02. The normalized spacial score (nSPS) is 15.9. The summed E-state index contributed by atoms with van der Waals surface area (Å²) in [5.41, 5.74) is 1.18. The van der Waals surface area contributed by atoms with E-state index in [1.807, 2.05) is 18.2 Å². The van der Waals surface area contributed by atoms with Crippen LogP contribution in [0.15, 0.2) is 47.5 Å². The molecule has 1 unspecified atom stereocenters. The van der Waals surface area contributed by atoms with E-state index in [0.29, 0.717) is 19.0 Å². The predicted molar refractivity (Wildman–Crippen MR) is 102 cm³/mol. The number of urea groups is 1. The summed E-state index contributed by atoms with van der Waals surface area (Å²) < 4.78 is 0. The topological polar surface area (TPSA) is 85.8 Å². The van der Waals surface area contributed by atoms with Crippen LogP contribution in [-0.4, -0.2) is 49.5 Å². The molecule has 2 aromatic rings. The molecule has 3 rings (SSSR count). The maximum absolute atomic E-state index is 11.6. The zero-order chi connectivity index (χ0) is 18.5. The van der Waals surface area contributed by atoms with Crippen molar-refractivity contribution < 1.29 is 9.59 Å². The van der Waals surface area contributed by atoms with Crippen LogP contribution in [0.5, 0.6) is 0 Å². The number of carbonyl (C=O) groups is 2. The van der Waals surface area contributed by atoms with Crippen LogP contribution in [0.3, 0.4) is 0 Å². The molecular weight excluding hydrogens is 330 g/mol. The van der Waals surface area contributed by atoms with Gasteiger partial charge in [-0.05, 0) is 23.3 Å². The van der Waals surface area contributed by atoms with Crippen molar-refractivity contribution in [2.24, 2.45) is 4.99 Å². The SMILES string of the molecule is CN=C(NCCN1C(=O)CNC1=O)NC(C)c1cccc2ccccc12. The summed E-state index contributed by atoms with van der Waals surface area (Å²) in [6, 6.07) is 14.2. The van der Waals surface area contributed by atoms with Crippen LogP contribution in [0.4, 0.5) is 4.79 Å². The highest BCUT2D eigenvalue weighted by Crippen LogP contribution is 2.23. The molecule has 0 aliphatic carbocycles. The van der Waals surface area contributed by atoms with Crippen LogP contribution in [-0.2, 0) is 4.79 Å². The van der Waals surface area contributed by atoms with E-state index in [0.717, 1.165) is 0 Å². The van der Waals surface area contributed by atoms with E-state index in [9.17, 15) is 9.59 Å². The summed E-state index contributed by atoms with van der Waals surface area (Å²) in [7, 11) is 1.69. The molecule has 0 spiro atoms. The molecule has 3 N–H and O–H groups in total. The van der Waals surface area contributed by atoms with Gasteiger partial charge in [-0.15, -0.1) is 0 Å². The van der Waals surface area contributed by atoms with Gasteiger partial charge in [-0.2, -0.15) is 0 Å². The molecule has 1 aliphatic heterocycles. The maximum Gasteiger partial charge on any atom is 0.324 e. The van der Waals surface area contributed by atoms with Gasteiger partial charge in [-0.3, -0.25) is 14.7 Å². The lowest BCUT2D eigenvalue weighted by atomic mass is 10.00.